The normalized spacial score (nSPS) is 12.1. The maximum absolute atomic E-state index is 12.5. The minimum atomic E-state index is -0.130. The molecule has 158 valence electrons. The summed E-state index contributed by atoms with van der Waals surface area (Å²) in [5.41, 5.74) is 1.61. The van der Waals surface area contributed by atoms with E-state index in [4.69, 9.17) is 29.0 Å². The van der Waals surface area contributed by atoms with Crippen LogP contribution in [0.25, 0.3) is 22.2 Å². The second-order valence-electron chi connectivity index (χ2n) is 6.98. The Bertz CT molecular complexity index is 1260. The number of halogens is 2. The number of nitrogen functional groups attached to an aromatic ring is 1. The SMILES string of the molecule is CC(NC(=O)CSc1nnc(-c2cc(Cl)ccc2Cl)n1N)c1ccc2ccccc2c1. The zero-order valence-corrected chi connectivity index (χ0v) is 18.9. The molecule has 1 atom stereocenters. The second kappa shape index (κ2) is 9.18. The minimum absolute atomic E-state index is 0.129. The Balaban J connectivity index is 1.40. The van der Waals surface area contributed by atoms with E-state index in [1.165, 1.54) is 21.8 Å². The summed E-state index contributed by atoms with van der Waals surface area (Å²) < 4.78 is 1.31. The maximum Gasteiger partial charge on any atom is 0.230 e. The fraction of sp³-hybridized carbons (Fsp3) is 0.136. The fourth-order valence-electron chi connectivity index (χ4n) is 3.20. The van der Waals surface area contributed by atoms with E-state index in [1.54, 1.807) is 18.2 Å². The molecule has 31 heavy (non-hydrogen) atoms. The molecule has 4 rings (SSSR count). The number of fused-ring (bicyclic) bond motifs is 1. The number of carbonyl (C=O) groups excluding carboxylic acids is 1. The molecule has 3 aromatic carbocycles. The number of amides is 1. The topological polar surface area (TPSA) is 85.8 Å². The summed E-state index contributed by atoms with van der Waals surface area (Å²) in [5, 5.41) is 14.9. The number of nitrogens with two attached hydrogens (primary N) is 1. The predicted molar refractivity (Wildman–Crippen MR) is 127 cm³/mol. The third-order valence-electron chi connectivity index (χ3n) is 4.82. The molecule has 1 amide bonds. The van der Waals surface area contributed by atoms with Gasteiger partial charge in [-0.1, -0.05) is 71.4 Å². The van der Waals surface area contributed by atoms with Gasteiger partial charge in [-0.3, -0.25) is 4.79 Å². The lowest BCUT2D eigenvalue weighted by atomic mass is 10.0. The molecule has 6 nitrogen and oxygen atoms in total. The van der Waals surface area contributed by atoms with Gasteiger partial charge < -0.3 is 11.2 Å². The van der Waals surface area contributed by atoms with Crippen LogP contribution in [-0.4, -0.2) is 26.5 Å². The van der Waals surface area contributed by atoms with Gasteiger partial charge in [0.25, 0.3) is 0 Å². The highest BCUT2D eigenvalue weighted by molar-refractivity contribution is 7.99. The molecule has 9 heteroatoms. The summed E-state index contributed by atoms with van der Waals surface area (Å²) in [7, 11) is 0. The Morgan fingerprint density at radius 1 is 1.10 bits per heavy atom. The van der Waals surface area contributed by atoms with Crippen molar-refractivity contribution in [3.8, 4) is 11.4 Å². The highest BCUT2D eigenvalue weighted by atomic mass is 35.5. The van der Waals surface area contributed by atoms with Gasteiger partial charge in [0.2, 0.25) is 11.1 Å². The highest BCUT2D eigenvalue weighted by Gasteiger charge is 2.17. The first-order valence-corrected chi connectivity index (χ1v) is 11.2. The van der Waals surface area contributed by atoms with Crippen molar-refractivity contribution in [1.82, 2.24) is 20.2 Å². The molecule has 0 aliphatic carbocycles. The third kappa shape index (κ3) is 4.79. The van der Waals surface area contributed by atoms with E-state index in [0.29, 0.717) is 26.6 Å². The molecule has 4 aromatic rings. The van der Waals surface area contributed by atoms with Gasteiger partial charge in [0, 0.05) is 10.6 Å². The number of carbonyl (C=O) groups is 1. The molecule has 0 aliphatic rings. The number of nitrogens with zero attached hydrogens (tertiary/aromatic N) is 3. The van der Waals surface area contributed by atoms with Crippen molar-refractivity contribution in [2.45, 2.75) is 18.1 Å². The van der Waals surface area contributed by atoms with Crippen LogP contribution in [0.5, 0.6) is 0 Å². The number of benzene rings is 3. The van der Waals surface area contributed by atoms with Crippen LogP contribution in [0.3, 0.4) is 0 Å². The van der Waals surface area contributed by atoms with Gasteiger partial charge in [0.15, 0.2) is 5.82 Å². The van der Waals surface area contributed by atoms with Gasteiger partial charge in [0.1, 0.15) is 0 Å². The van der Waals surface area contributed by atoms with E-state index in [-0.39, 0.29) is 17.7 Å². The van der Waals surface area contributed by atoms with Crippen LogP contribution in [0.15, 0.2) is 65.8 Å². The molecule has 1 unspecified atom stereocenters. The monoisotopic (exact) mass is 471 g/mol. The van der Waals surface area contributed by atoms with Crippen LogP contribution in [0.4, 0.5) is 0 Å². The van der Waals surface area contributed by atoms with Gasteiger partial charge in [-0.2, -0.15) is 0 Å². The molecule has 0 saturated carbocycles. The second-order valence-corrected chi connectivity index (χ2v) is 8.77. The Hall–Kier alpha value is -2.74. The summed E-state index contributed by atoms with van der Waals surface area (Å²) in [6, 6.07) is 19.2. The molecular weight excluding hydrogens is 453 g/mol. The van der Waals surface area contributed by atoms with Crippen LogP contribution < -0.4 is 11.2 Å². The maximum atomic E-state index is 12.5. The summed E-state index contributed by atoms with van der Waals surface area (Å²) in [6.07, 6.45) is 0. The standard InChI is InChI=1S/C22H19Cl2N5OS/c1-13(15-7-6-14-4-2-3-5-16(14)10-15)26-20(30)12-31-22-28-27-21(29(22)25)18-11-17(23)8-9-19(18)24/h2-11,13H,12,25H2,1H3,(H,26,30). The Labute approximate surface area is 193 Å². The molecule has 0 radical (unpaired) electrons. The van der Waals surface area contributed by atoms with Gasteiger partial charge in [0.05, 0.1) is 16.8 Å². The molecule has 0 saturated heterocycles. The third-order valence-corrected chi connectivity index (χ3v) is 6.32. The van der Waals surface area contributed by atoms with E-state index in [2.05, 4.69) is 39.8 Å². The molecule has 3 N–H and O–H groups in total. The van der Waals surface area contributed by atoms with Crippen LogP contribution >= 0.6 is 35.0 Å². The van der Waals surface area contributed by atoms with E-state index in [1.807, 2.05) is 25.1 Å². The van der Waals surface area contributed by atoms with Gasteiger partial charge in [-0.15, -0.1) is 10.2 Å². The molecule has 1 heterocycles. The Morgan fingerprint density at radius 3 is 2.68 bits per heavy atom. The van der Waals surface area contributed by atoms with Crippen molar-refractivity contribution in [2.24, 2.45) is 0 Å². The molecule has 0 aliphatic heterocycles. The van der Waals surface area contributed by atoms with Gasteiger partial charge in [-0.05, 0) is 47.5 Å². The Morgan fingerprint density at radius 2 is 1.87 bits per heavy atom. The van der Waals surface area contributed by atoms with Gasteiger partial charge in [-0.25, -0.2) is 4.68 Å². The molecule has 0 bridgehead atoms. The zero-order chi connectivity index (χ0) is 22.0. The first-order chi connectivity index (χ1) is 14.9. The van der Waals surface area contributed by atoms with Crippen LogP contribution in [0.2, 0.25) is 10.0 Å². The first-order valence-electron chi connectivity index (χ1n) is 9.49. The van der Waals surface area contributed by atoms with Crippen molar-refractivity contribution < 1.29 is 4.79 Å². The fourth-order valence-corrected chi connectivity index (χ4v) is 4.24. The van der Waals surface area contributed by atoms with Crippen molar-refractivity contribution in [2.75, 3.05) is 11.6 Å². The average Bonchev–Trinajstić information content (AvgIpc) is 3.13. The van der Waals surface area contributed by atoms with Crippen molar-refractivity contribution in [1.29, 1.82) is 0 Å². The van der Waals surface area contributed by atoms with E-state index >= 15 is 0 Å². The van der Waals surface area contributed by atoms with Gasteiger partial charge >= 0.3 is 0 Å². The van der Waals surface area contributed by atoms with Crippen molar-refractivity contribution in [3.05, 3.63) is 76.3 Å². The van der Waals surface area contributed by atoms with Crippen LogP contribution in [-0.2, 0) is 4.79 Å². The smallest absolute Gasteiger partial charge is 0.230 e. The van der Waals surface area contributed by atoms with Crippen molar-refractivity contribution in [3.63, 3.8) is 0 Å². The first kappa shape index (κ1) is 21.5. The quantitative estimate of drug-likeness (QED) is 0.302. The lowest BCUT2D eigenvalue weighted by Crippen LogP contribution is -2.28. The van der Waals surface area contributed by atoms with E-state index < -0.39 is 0 Å². The summed E-state index contributed by atoms with van der Waals surface area (Å²) in [4.78, 5) is 12.5. The zero-order valence-electron chi connectivity index (χ0n) is 16.5. The number of hydrogen-bond donors (Lipinski definition) is 2. The average molecular weight is 472 g/mol. The van der Waals surface area contributed by atoms with E-state index in [9.17, 15) is 4.79 Å². The minimum Gasteiger partial charge on any atom is -0.349 e. The molecule has 0 spiro atoms. The number of aromatic nitrogens is 3. The van der Waals surface area contributed by atoms with Crippen LogP contribution in [0, 0.1) is 0 Å². The predicted octanol–water partition coefficient (Wildman–Crippen LogP) is 5.09. The highest BCUT2D eigenvalue weighted by Crippen LogP contribution is 2.30. The summed E-state index contributed by atoms with van der Waals surface area (Å²) >= 11 is 13.5. The number of nitrogens with one attached hydrogen (secondary N) is 1. The van der Waals surface area contributed by atoms with Crippen LogP contribution in [0.1, 0.15) is 18.5 Å². The lowest BCUT2D eigenvalue weighted by molar-refractivity contribution is -0.119. The number of thioether (sulfide) groups is 1. The lowest BCUT2D eigenvalue weighted by Gasteiger charge is -2.15. The molecule has 0 fully saturated rings. The molecule has 1 aromatic heterocycles. The summed E-state index contributed by atoms with van der Waals surface area (Å²) in [5.74, 6) is 6.52. The largest absolute Gasteiger partial charge is 0.349 e. The van der Waals surface area contributed by atoms with Crippen molar-refractivity contribution >= 4 is 51.6 Å². The molecular formula is C22H19Cl2N5OS. The van der Waals surface area contributed by atoms with E-state index in [0.717, 1.165) is 10.9 Å². The number of hydrogen-bond acceptors (Lipinski definition) is 5. The number of rotatable bonds is 6. The summed E-state index contributed by atoms with van der Waals surface area (Å²) in [6.45, 7) is 1.96. The Kier molecular flexibility index (Phi) is 6.36.